The summed E-state index contributed by atoms with van der Waals surface area (Å²) in [6.07, 6.45) is 0.763. The molecule has 1 unspecified atom stereocenters. The zero-order chi connectivity index (χ0) is 20.2. The van der Waals surface area contributed by atoms with Gasteiger partial charge in [-0.15, -0.1) is 0 Å². The molecule has 1 aromatic carbocycles. The summed E-state index contributed by atoms with van der Waals surface area (Å²) in [6, 6.07) is 8.35. The van der Waals surface area contributed by atoms with Crippen LogP contribution in [0.2, 0.25) is 0 Å². The van der Waals surface area contributed by atoms with Crippen molar-refractivity contribution in [3.63, 3.8) is 0 Å². The van der Waals surface area contributed by atoms with E-state index in [4.69, 9.17) is 5.11 Å². The fraction of sp³-hybridized carbons (Fsp3) is 0.571. The van der Waals surface area contributed by atoms with Crippen molar-refractivity contribution in [1.82, 2.24) is 15.1 Å². The zero-order valence-corrected chi connectivity index (χ0v) is 21.5. The number of carbonyl (C=O) groups is 2. The molecule has 1 aliphatic rings. The second kappa shape index (κ2) is 18.5. The number of rotatable bonds is 6. The molecule has 1 atom stereocenters. The molecule has 0 bridgehead atoms. The van der Waals surface area contributed by atoms with Crippen LogP contribution in [0.5, 0.6) is 0 Å². The number of carboxylic acids is 2. The van der Waals surface area contributed by atoms with Gasteiger partial charge in [-0.05, 0) is 18.9 Å². The first-order valence-corrected chi connectivity index (χ1v) is 9.60. The number of hydrogen-bond donors (Lipinski definition) is 3. The van der Waals surface area contributed by atoms with Gasteiger partial charge in [-0.2, -0.15) is 0 Å². The predicted molar refractivity (Wildman–Crippen MR) is 116 cm³/mol. The molecule has 1 aliphatic heterocycles. The Morgan fingerprint density at radius 1 is 1.03 bits per heavy atom. The van der Waals surface area contributed by atoms with Crippen molar-refractivity contribution in [2.75, 3.05) is 45.8 Å². The predicted octanol–water partition coefficient (Wildman–Crippen LogP) is 0.932. The van der Waals surface area contributed by atoms with Gasteiger partial charge in [0.25, 0.3) is 0 Å². The van der Waals surface area contributed by atoms with E-state index in [2.05, 4.69) is 29.6 Å². The Hall–Kier alpha value is -1.31. The van der Waals surface area contributed by atoms with Gasteiger partial charge in [-0.3, -0.25) is 19.4 Å². The van der Waals surface area contributed by atoms with Gasteiger partial charge in [0.2, 0.25) is 0 Å². The summed E-state index contributed by atoms with van der Waals surface area (Å²) in [5.74, 6) is -1.72. The number of nitrogens with one attached hydrogen (secondary N) is 1. The van der Waals surface area contributed by atoms with Crippen molar-refractivity contribution in [3.05, 3.63) is 42.8 Å². The van der Waals surface area contributed by atoms with Gasteiger partial charge in [0.05, 0.1) is 13.1 Å². The Kier molecular flexibility index (Phi) is 20.5. The number of benzene rings is 1. The number of carboxylic acid groups (broad SMARTS) is 2. The first-order valence-electron chi connectivity index (χ1n) is 9.60. The van der Waals surface area contributed by atoms with Gasteiger partial charge >= 0.3 is 11.9 Å². The topological polar surface area (TPSA) is 125 Å². The first-order chi connectivity index (χ1) is 12.9. The molecule has 174 valence electrons. The molecule has 0 aromatic heterocycles. The number of hydrogen-bond acceptors (Lipinski definition) is 5. The van der Waals surface area contributed by atoms with E-state index < -0.39 is 11.9 Å². The molecule has 1 aromatic rings. The minimum absolute atomic E-state index is 0. The summed E-state index contributed by atoms with van der Waals surface area (Å²) in [6.45, 7) is 9.08. The van der Waals surface area contributed by atoms with Crippen LogP contribution in [0.3, 0.4) is 0 Å². The Labute approximate surface area is 195 Å². The summed E-state index contributed by atoms with van der Waals surface area (Å²) >= 11 is 0. The Morgan fingerprint density at radius 3 is 2.13 bits per heavy atom. The molecule has 1 heterocycles. The molecule has 9 heteroatoms. The number of aliphatic carboxylic acids is 2. The third kappa shape index (κ3) is 13.1. The van der Waals surface area contributed by atoms with E-state index in [9.17, 15) is 14.7 Å². The van der Waals surface area contributed by atoms with Gasteiger partial charge in [-0.25, -0.2) is 0 Å². The van der Waals surface area contributed by atoms with Gasteiger partial charge in [0, 0.05) is 59.8 Å². The maximum absolute atomic E-state index is 11.3. The Morgan fingerprint density at radius 2 is 1.60 bits per heavy atom. The van der Waals surface area contributed by atoms with Crippen molar-refractivity contribution < 1.29 is 46.3 Å². The van der Waals surface area contributed by atoms with Crippen molar-refractivity contribution >= 4 is 11.9 Å². The average molecular weight is 596 g/mol. The van der Waals surface area contributed by atoms with Crippen molar-refractivity contribution in [3.8, 4) is 0 Å². The fourth-order valence-electron chi connectivity index (χ4n) is 3.13. The van der Waals surface area contributed by atoms with Crippen LogP contribution in [0, 0.1) is 14.4 Å². The monoisotopic (exact) mass is 596 g/mol. The van der Waals surface area contributed by atoms with Gasteiger partial charge < -0.3 is 28.4 Å². The van der Waals surface area contributed by atoms with E-state index in [0.717, 1.165) is 6.42 Å². The third-order valence-electron chi connectivity index (χ3n) is 4.49. The molecule has 0 radical (unpaired) electrons. The van der Waals surface area contributed by atoms with Crippen LogP contribution in [-0.4, -0.2) is 89.3 Å². The van der Waals surface area contributed by atoms with Gasteiger partial charge in [-0.1, -0.05) is 43.7 Å². The normalized spacial score (nSPS) is 17.2. The van der Waals surface area contributed by atoms with Crippen LogP contribution in [-0.2, 0) is 37.1 Å². The molecule has 0 saturated carbocycles. The van der Waals surface area contributed by atoms with Gasteiger partial charge in [0.1, 0.15) is 0 Å². The summed E-state index contributed by atoms with van der Waals surface area (Å²) < 4.78 is 0. The molecular weight excluding hydrogens is 558 g/mol. The summed E-state index contributed by atoms with van der Waals surface area (Å²) in [5, 5.41) is 21.6. The fourth-order valence-corrected chi connectivity index (χ4v) is 3.13. The van der Waals surface area contributed by atoms with E-state index in [0.29, 0.717) is 32.7 Å². The second-order valence-corrected chi connectivity index (χ2v) is 6.58. The molecule has 30 heavy (non-hydrogen) atoms. The minimum atomic E-state index is -0.863. The van der Waals surface area contributed by atoms with Crippen molar-refractivity contribution in [2.45, 2.75) is 33.2 Å². The molecular formula is C21H38N3O5W-. The smallest absolute Gasteiger partial charge is 0.317 e. The quantitative estimate of drug-likeness (QED) is 0.418. The van der Waals surface area contributed by atoms with Crippen LogP contribution in [0.15, 0.2) is 24.3 Å². The van der Waals surface area contributed by atoms with Gasteiger partial charge in [0.15, 0.2) is 0 Å². The molecule has 2 rings (SSSR count). The molecule has 5 N–H and O–H groups in total. The summed E-state index contributed by atoms with van der Waals surface area (Å²) in [7, 11) is 0. The largest absolute Gasteiger partial charge is 0.480 e. The minimum Gasteiger partial charge on any atom is -0.480 e. The maximum Gasteiger partial charge on any atom is 0.317 e. The van der Waals surface area contributed by atoms with Crippen molar-refractivity contribution in [1.29, 1.82) is 0 Å². The number of nitrogens with zero attached hydrogens (tertiary/aromatic N) is 2. The Balaban J connectivity index is -0.00000141. The summed E-state index contributed by atoms with van der Waals surface area (Å²) in [5.41, 5.74) is 2.37. The third-order valence-corrected chi connectivity index (χ3v) is 4.49. The van der Waals surface area contributed by atoms with E-state index in [1.54, 1.807) is 0 Å². The van der Waals surface area contributed by atoms with E-state index in [-0.39, 0.29) is 53.1 Å². The van der Waals surface area contributed by atoms with Crippen LogP contribution >= 0.6 is 0 Å². The maximum atomic E-state index is 11.3. The molecule has 1 fully saturated rings. The molecule has 0 amide bonds. The van der Waals surface area contributed by atoms with Crippen LogP contribution in [0.1, 0.15) is 25.0 Å². The first kappa shape index (κ1) is 33.3. The summed E-state index contributed by atoms with van der Waals surface area (Å²) in [4.78, 5) is 26.0. The van der Waals surface area contributed by atoms with Crippen LogP contribution < -0.4 is 5.32 Å². The zero-order valence-electron chi connectivity index (χ0n) is 18.6. The van der Waals surface area contributed by atoms with Crippen LogP contribution in [0.4, 0.5) is 0 Å². The molecule has 0 spiro atoms. The number of aryl methyl sites for hydroxylation is 1. The van der Waals surface area contributed by atoms with E-state index >= 15 is 0 Å². The SMILES string of the molecule is CC.Cc1ccc(CC2CNCCN(CC(=O)O)CCN2CC(=O)O)cc1.O.[CH3-].[W]. The van der Waals surface area contributed by atoms with Crippen molar-refractivity contribution in [2.24, 2.45) is 0 Å². The van der Waals surface area contributed by atoms with E-state index in [1.165, 1.54) is 11.1 Å². The standard InChI is InChI=1S/C18H27N3O4.C2H6.CH3.H2O.W/c1-14-2-4-15(5-3-14)10-16-11-19-6-7-20(12-17(22)23)8-9-21(16)13-18(24)25;1-2;;;/h2-5,16,19H,6-13H2,1H3,(H,22,23)(H,24,25);1-2H3;1H3;1H2;/q;;-1;;. The molecule has 1 saturated heterocycles. The molecule has 8 nitrogen and oxygen atoms in total. The van der Waals surface area contributed by atoms with E-state index in [1.807, 2.05) is 30.6 Å². The van der Waals surface area contributed by atoms with Crippen LogP contribution in [0.25, 0.3) is 0 Å². The average Bonchev–Trinajstić information content (AvgIpc) is 2.71. The molecule has 0 aliphatic carbocycles. The Bertz CT molecular complexity index is 587. The second-order valence-electron chi connectivity index (χ2n) is 6.58.